The lowest BCUT2D eigenvalue weighted by atomic mass is 9.60. The van der Waals surface area contributed by atoms with E-state index in [1.54, 1.807) is 30.3 Å². The van der Waals surface area contributed by atoms with Crippen molar-refractivity contribution in [2.75, 3.05) is 9.80 Å². The fraction of sp³-hybridized carbons (Fsp3) is 0.108. The van der Waals surface area contributed by atoms with Gasteiger partial charge in [-0.3, -0.25) is 0 Å². The van der Waals surface area contributed by atoms with Crippen LogP contribution >= 0.6 is 0 Å². The summed E-state index contributed by atoms with van der Waals surface area (Å²) < 4.78 is 96.5. The van der Waals surface area contributed by atoms with E-state index in [-0.39, 0.29) is 5.92 Å². The van der Waals surface area contributed by atoms with Gasteiger partial charge in [0.25, 0.3) is 0 Å². The van der Waals surface area contributed by atoms with Crippen molar-refractivity contribution in [1.82, 2.24) is 0 Å². The number of hydrogen-bond donors (Lipinski definition) is 0. The summed E-state index contributed by atoms with van der Waals surface area (Å²) in [5, 5.41) is 0. The highest BCUT2D eigenvalue weighted by atomic mass is 19.2. The third-order valence-corrected chi connectivity index (χ3v) is 18.5. The normalized spacial score (nSPS) is 17.2. The molecule has 0 aliphatic heterocycles. The maximum Gasteiger partial charge on any atom is 0.153 e. The molecule has 0 bridgehead atoms. The molecule has 11 aromatic rings. The van der Waals surface area contributed by atoms with Gasteiger partial charge in [0.05, 0.1) is 10.8 Å². The van der Waals surface area contributed by atoms with Gasteiger partial charge in [0.1, 0.15) is 23.0 Å². The number of hydrogen-bond acceptors (Lipinski definition) is 2. The molecule has 0 aromatic heterocycles. The third-order valence-electron chi connectivity index (χ3n) is 18.5. The fourth-order valence-electron chi connectivity index (χ4n) is 14.2. The summed E-state index contributed by atoms with van der Waals surface area (Å²) in [4.78, 5) is 2.99. The second-order valence-corrected chi connectivity index (χ2v) is 24.0. The molecular weight excluding hydrogens is 1140 g/mol. The van der Waals surface area contributed by atoms with Crippen LogP contribution in [0.15, 0.2) is 256 Å². The van der Waals surface area contributed by atoms with Crippen molar-refractivity contribution >= 4 is 46.3 Å². The van der Waals surface area contributed by atoms with Crippen LogP contribution in [0.5, 0.6) is 0 Å². The standard InChI is InChI=1S/C83H64F6N2/c1-8-56-23-32-61(33-24-56)82(72-43-51(3)19-21-53(72)5)55(7)15-11-10-12-16-60-31-40-67(49-74(60)82)90(80-76(86)45-63(84)46-77(80)87)65-36-27-58(28-37-65)59-29-38-66(39-30-59)91(81-78(88)47-64(85)48-79(81)89)68-41-42-70-69-17-13-14-18-71(69)83(75(70)50-68,62-34-25-57(9-2)26-35-62)73-44-52(4)20-22-54(73)6/h8-15,17-50,55H,1-2,16H2,3-7H3/b12-10-,15-11-. The molecule has 11 aromatic carbocycles. The summed E-state index contributed by atoms with van der Waals surface area (Å²) in [5.41, 5.74) is 16.5. The number of halogens is 6. The number of rotatable bonds is 13. The molecule has 91 heavy (non-hydrogen) atoms. The van der Waals surface area contributed by atoms with Gasteiger partial charge < -0.3 is 9.80 Å². The zero-order chi connectivity index (χ0) is 63.5. The Morgan fingerprint density at radius 3 is 1.42 bits per heavy atom. The van der Waals surface area contributed by atoms with E-state index in [1.807, 2.05) is 91.0 Å². The largest absolute Gasteiger partial charge is 0.305 e. The second kappa shape index (κ2) is 23.8. The molecule has 0 saturated carbocycles. The molecule has 0 saturated heterocycles. The van der Waals surface area contributed by atoms with Crippen LogP contribution in [0.2, 0.25) is 0 Å². The highest BCUT2D eigenvalue weighted by molar-refractivity contribution is 5.91. The first-order valence-electron chi connectivity index (χ1n) is 30.5. The Balaban J connectivity index is 0.946. The SMILES string of the molecule is C=Cc1ccc(C2(c3cc(C)ccc3C)c3ccccc3-c3ccc(N(c4ccc(-c5ccc(N(c6ccc7c(c6)C(c6ccc(C=C)cc6)(c6cc(C)ccc6C)C(C)/C=C\C=C/C7)c6c(F)cc(F)cc6F)cc5)cc4)c4c(F)cc(F)cc4F)cc32)cc1. The highest BCUT2D eigenvalue weighted by Crippen LogP contribution is 2.59. The van der Waals surface area contributed by atoms with Crippen LogP contribution in [-0.2, 0) is 17.3 Å². The van der Waals surface area contributed by atoms with Gasteiger partial charge >= 0.3 is 0 Å². The van der Waals surface area contributed by atoms with Gasteiger partial charge in [-0.1, -0.05) is 213 Å². The zero-order valence-corrected chi connectivity index (χ0v) is 51.1. The van der Waals surface area contributed by atoms with E-state index in [0.29, 0.717) is 64.6 Å². The Kier molecular flexibility index (Phi) is 15.6. The van der Waals surface area contributed by atoms with Crippen molar-refractivity contribution in [2.45, 2.75) is 51.9 Å². The first-order valence-corrected chi connectivity index (χ1v) is 30.5. The summed E-state index contributed by atoms with van der Waals surface area (Å²) >= 11 is 0. The van der Waals surface area contributed by atoms with Crippen molar-refractivity contribution in [3.05, 3.63) is 369 Å². The van der Waals surface area contributed by atoms with Crippen LogP contribution in [0, 0.1) is 68.5 Å². The Morgan fingerprint density at radius 1 is 0.418 bits per heavy atom. The van der Waals surface area contributed by atoms with E-state index in [1.165, 1.54) is 9.80 Å². The van der Waals surface area contributed by atoms with Crippen LogP contribution in [0.3, 0.4) is 0 Å². The summed E-state index contributed by atoms with van der Waals surface area (Å²) in [7, 11) is 0. The van der Waals surface area contributed by atoms with E-state index in [4.69, 9.17) is 0 Å². The lowest BCUT2D eigenvalue weighted by molar-refractivity contribution is 0.476. The van der Waals surface area contributed by atoms with Crippen LogP contribution < -0.4 is 9.80 Å². The Hall–Kier alpha value is -10.4. The number of benzene rings is 11. The van der Waals surface area contributed by atoms with E-state index >= 15 is 17.6 Å². The number of nitrogens with zero attached hydrogens (tertiary/aromatic N) is 2. The molecule has 0 spiro atoms. The Labute approximate surface area is 528 Å². The number of fused-ring (bicyclic) bond motifs is 4. The fourth-order valence-corrected chi connectivity index (χ4v) is 14.2. The molecule has 13 rings (SSSR count). The van der Waals surface area contributed by atoms with Gasteiger partial charge in [-0.15, -0.1) is 0 Å². The number of anilines is 6. The molecule has 2 aliphatic carbocycles. The van der Waals surface area contributed by atoms with Gasteiger partial charge in [-0.05, 0) is 178 Å². The van der Waals surface area contributed by atoms with Crippen LogP contribution in [-0.4, -0.2) is 0 Å². The first kappa shape index (κ1) is 59.5. The van der Waals surface area contributed by atoms with Gasteiger partial charge in [-0.25, -0.2) is 26.3 Å². The van der Waals surface area contributed by atoms with E-state index in [9.17, 15) is 8.78 Å². The lowest BCUT2D eigenvalue weighted by Gasteiger charge is -2.43. The van der Waals surface area contributed by atoms with Gasteiger partial charge in [-0.2, -0.15) is 0 Å². The minimum atomic E-state index is -1.10. The highest BCUT2D eigenvalue weighted by Gasteiger charge is 2.48. The van der Waals surface area contributed by atoms with Crippen molar-refractivity contribution < 1.29 is 26.3 Å². The molecule has 0 radical (unpaired) electrons. The topological polar surface area (TPSA) is 6.48 Å². The number of aryl methyl sites for hydroxylation is 4. The summed E-state index contributed by atoms with van der Waals surface area (Å²) in [6, 6.07) is 66.8. The Morgan fingerprint density at radius 2 is 0.879 bits per heavy atom. The van der Waals surface area contributed by atoms with Crippen molar-refractivity contribution in [2.24, 2.45) is 5.92 Å². The predicted molar refractivity (Wildman–Crippen MR) is 361 cm³/mol. The maximum absolute atomic E-state index is 16.7. The molecule has 0 amide bonds. The van der Waals surface area contributed by atoms with Crippen LogP contribution in [0.25, 0.3) is 34.4 Å². The quantitative estimate of drug-likeness (QED) is 0.106. The van der Waals surface area contributed by atoms with E-state index in [2.05, 4.69) is 157 Å². The predicted octanol–water partition coefficient (Wildman–Crippen LogP) is 22.6. The van der Waals surface area contributed by atoms with E-state index < -0.39 is 57.1 Å². The summed E-state index contributed by atoms with van der Waals surface area (Å²) in [5.74, 6) is -6.65. The molecule has 0 heterocycles. The summed E-state index contributed by atoms with van der Waals surface area (Å²) in [6.45, 7) is 18.6. The van der Waals surface area contributed by atoms with Gasteiger partial charge in [0.2, 0.25) is 0 Å². The van der Waals surface area contributed by atoms with Crippen molar-refractivity contribution in [3.63, 3.8) is 0 Å². The molecule has 448 valence electrons. The molecule has 8 heteroatoms. The number of allylic oxidation sites excluding steroid dienone is 4. The molecule has 2 aliphatic rings. The maximum atomic E-state index is 16.7. The zero-order valence-electron chi connectivity index (χ0n) is 51.1. The molecule has 3 atom stereocenters. The van der Waals surface area contributed by atoms with Crippen molar-refractivity contribution in [1.29, 1.82) is 0 Å². The Bertz CT molecular complexity index is 4690. The van der Waals surface area contributed by atoms with Gasteiger partial charge in [0, 0.05) is 47.0 Å². The minimum absolute atomic E-state index is 0.163. The molecule has 0 N–H and O–H groups in total. The van der Waals surface area contributed by atoms with Crippen LogP contribution in [0.1, 0.15) is 84.8 Å². The average molecular weight is 1200 g/mol. The smallest absolute Gasteiger partial charge is 0.153 e. The minimum Gasteiger partial charge on any atom is -0.305 e. The second-order valence-electron chi connectivity index (χ2n) is 24.0. The lowest BCUT2D eigenvalue weighted by Crippen LogP contribution is -2.38. The van der Waals surface area contributed by atoms with Gasteiger partial charge in [0.15, 0.2) is 23.3 Å². The third kappa shape index (κ3) is 10.2. The average Bonchev–Trinajstić information content (AvgIpc) is 1.62. The van der Waals surface area contributed by atoms with Crippen molar-refractivity contribution in [3.8, 4) is 22.3 Å². The van der Waals surface area contributed by atoms with Crippen LogP contribution in [0.4, 0.5) is 60.5 Å². The van der Waals surface area contributed by atoms with E-state index in [0.717, 1.165) is 89.0 Å². The molecule has 3 unspecified atom stereocenters. The monoisotopic (exact) mass is 1200 g/mol. The summed E-state index contributed by atoms with van der Waals surface area (Å²) in [6.07, 6.45) is 12.6. The first-order chi connectivity index (χ1) is 44.0. The molecule has 2 nitrogen and oxygen atoms in total. The molecule has 0 fully saturated rings. The molecular formula is C83H64F6N2.